The minimum atomic E-state index is -1.02. The Morgan fingerprint density at radius 2 is 1.88 bits per heavy atom. The zero-order valence-electron chi connectivity index (χ0n) is 9.84. The average Bonchev–Trinajstić information content (AvgIpc) is 2.74. The van der Waals surface area contributed by atoms with Crippen molar-refractivity contribution in [3.8, 4) is 0 Å². The zero-order valence-corrected chi connectivity index (χ0v) is 9.84. The highest BCUT2D eigenvalue weighted by atomic mass is 16.8. The van der Waals surface area contributed by atoms with Gasteiger partial charge in [0.05, 0.1) is 6.61 Å². The number of hydrogen-bond acceptors (Lipinski definition) is 7. The topological polar surface area (TPSA) is 80.3 Å². The van der Waals surface area contributed by atoms with E-state index in [2.05, 4.69) is 4.74 Å². The molecule has 7 heteroatoms. The van der Waals surface area contributed by atoms with Gasteiger partial charge < -0.3 is 23.7 Å². The molecule has 7 nitrogen and oxygen atoms in total. The van der Waals surface area contributed by atoms with Gasteiger partial charge in [0.1, 0.15) is 25.6 Å². The third kappa shape index (κ3) is 4.68. The van der Waals surface area contributed by atoms with Crippen molar-refractivity contribution in [1.29, 1.82) is 0 Å². The first kappa shape index (κ1) is 13.9. The number of hydrogen-bond donors (Lipinski definition) is 0. The normalized spacial score (nSPS) is 23.4. The Bertz CT molecular complexity index is 265. The minimum Gasteiger partial charge on any atom is -0.431 e. The summed E-state index contributed by atoms with van der Waals surface area (Å²) in [5.74, 6) is -0.632. The molecule has 0 bridgehead atoms. The fraction of sp³-hybridized carbons (Fsp3) is 0.800. The molecule has 1 saturated heterocycles. The van der Waals surface area contributed by atoms with E-state index in [1.807, 2.05) is 0 Å². The number of ether oxygens (including phenoxy) is 5. The average molecular weight is 248 g/mol. The first-order valence-corrected chi connectivity index (χ1v) is 5.27. The summed E-state index contributed by atoms with van der Waals surface area (Å²) in [4.78, 5) is 21.8. The second-order valence-corrected chi connectivity index (χ2v) is 3.37. The van der Waals surface area contributed by atoms with E-state index in [4.69, 9.17) is 18.9 Å². The molecule has 2 atom stereocenters. The molecule has 1 fully saturated rings. The molecule has 1 rings (SSSR count). The van der Waals surface area contributed by atoms with Crippen molar-refractivity contribution in [2.45, 2.75) is 25.6 Å². The van der Waals surface area contributed by atoms with E-state index >= 15 is 0 Å². The summed E-state index contributed by atoms with van der Waals surface area (Å²) in [5, 5.41) is 0. The summed E-state index contributed by atoms with van der Waals surface area (Å²) in [6.45, 7) is 2.02. The van der Waals surface area contributed by atoms with Crippen LogP contribution in [0, 0.1) is 0 Å². The van der Waals surface area contributed by atoms with Gasteiger partial charge in [-0.25, -0.2) is 4.79 Å². The zero-order chi connectivity index (χ0) is 12.7. The second kappa shape index (κ2) is 7.21. The monoisotopic (exact) mass is 248 g/mol. The Kier molecular flexibility index (Phi) is 5.88. The summed E-state index contributed by atoms with van der Waals surface area (Å²) in [6, 6.07) is 0. The molecule has 98 valence electrons. The van der Waals surface area contributed by atoms with Gasteiger partial charge in [-0.3, -0.25) is 4.79 Å². The van der Waals surface area contributed by atoms with Gasteiger partial charge in [0.15, 0.2) is 0 Å². The molecule has 0 amide bonds. The van der Waals surface area contributed by atoms with Crippen molar-refractivity contribution in [2.24, 2.45) is 0 Å². The quantitative estimate of drug-likeness (QED) is 0.516. The van der Waals surface area contributed by atoms with Crippen molar-refractivity contribution in [3.63, 3.8) is 0 Å². The van der Waals surface area contributed by atoms with E-state index in [9.17, 15) is 9.59 Å². The summed E-state index contributed by atoms with van der Waals surface area (Å²) < 4.78 is 24.3. The maximum atomic E-state index is 11.0. The SMILES string of the molecule is CCC(=O)OC(=O)OC[C@@H]1OCO[C@H]1COC. The van der Waals surface area contributed by atoms with E-state index in [1.165, 1.54) is 7.11 Å². The Balaban J connectivity index is 2.25. The highest BCUT2D eigenvalue weighted by Crippen LogP contribution is 2.13. The highest BCUT2D eigenvalue weighted by Gasteiger charge is 2.30. The van der Waals surface area contributed by atoms with Crippen LogP contribution in [0.2, 0.25) is 0 Å². The van der Waals surface area contributed by atoms with Crippen LogP contribution in [0.25, 0.3) is 0 Å². The van der Waals surface area contributed by atoms with Crippen molar-refractivity contribution < 1.29 is 33.3 Å². The summed E-state index contributed by atoms with van der Waals surface area (Å²) in [7, 11) is 1.54. The van der Waals surface area contributed by atoms with Crippen LogP contribution >= 0.6 is 0 Å². The Morgan fingerprint density at radius 1 is 1.24 bits per heavy atom. The largest absolute Gasteiger partial charge is 0.516 e. The maximum Gasteiger partial charge on any atom is 0.516 e. The Hall–Kier alpha value is -1.18. The molecule has 0 radical (unpaired) electrons. The predicted octanol–water partition coefficient (Wildman–Crippen LogP) is 0.464. The van der Waals surface area contributed by atoms with Crippen LogP contribution in [-0.2, 0) is 28.5 Å². The molecule has 0 spiro atoms. The van der Waals surface area contributed by atoms with Crippen molar-refractivity contribution in [3.05, 3.63) is 0 Å². The van der Waals surface area contributed by atoms with Crippen LogP contribution in [0.1, 0.15) is 13.3 Å². The standard InChI is InChI=1S/C10H16O7/c1-3-9(11)17-10(12)14-5-8-7(4-13-2)15-6-16-8/h7-8H,3-6H2,1-2H3/t7-,8-/m0/s1. The van der Waals surface area contributed by atoms with E-state index in [-0.39, 0.29) is 25.9 Å². The molecule has 0 unspecified atom stereocenters. The van der Waals surface area contributed by atoms with Gasteiger partial charge in [0.25, 0.3) is 0 Å². The summed E-state index contributed by atoms with van der Waals surface area (Å²) in [6.07, 6.45) is -1.60. The molecule has 0 aromatic rings. The van der Waals surface area contributed by atoms with E-state index in [0.29, 0.717) is 6.61 Å². The van der Waals surface area contributed by atoms with Crippen LogP contribution in [0.4, 0.5) is 4.79 Å². The van der Waals surface area contributed by atoms with Crippen LogP contribution in [-0.4, -0.2) is 51.4 Å². The molecule has 17 heavy (non-hydrogen) atoms. The van der Waals surface area contributed by atoms with Crippen LogP contribution < -0.4 is 0 Å². The second-order valence-electron chi connectivity index (χ2n) is 3.37. The molecule has 1 aliphatic rings. The Morgan fingerprint density at radius 3 is 2.47 bits per heavy atom. The number of methoxy groups -OCH3 is 1. The van der Waals surface area contributed by atoms with Gasteiger partial charge >= 0.3 is 12.1 Å². The first-order chi connectivity index (χ1) is 8.17. The molecular weight excluding hydrogens is 232 g/mol. The van der Waals surface area contributed by atoms with E-state index in [1.54, 1.807) is 6.92 Å². The smallest absolute Gasteiger partial charge is 0.431 e. The lowest BCUT2D eigenvalue weighted by molar-refractivity contribution is -0.139. The lowest BCUT2D eigenvalue weighted by Crippen LogP contribution is -2.32. The third-order valence-corrected chi connectivity index (χ3v) is 2.16. The molecular formula is C10H16O7. The van der Waals surface area contributed by atoms with Gasteiger partial charge in [-0.15, -0.1) is 0 Å². The highest BCUT2D eigenvalue weighted by molar-refractivity contribution is 5.81. The minimum absolute atomic E-state index is 0.0378. The van der Waals surface area contributed by atoms with Crippen molar-refractivity contribution in [1.82, 2.24) is 0 Å². The molecule has 0 aromatic carbocycles. The van der Waals surface area contributed by atoms with Gasteiger partial charge in [-0.1, -0.05) is 6.92 Å². The molecule has 0 aliphatic carbocycles. The number of carbonyl (C=O) groups excluding carboxylic acids is 2. The number of esters is 1. The molecule has 1 aliphatic heterocycles. The lowest BCUT2D eigenvalue weighted by atomic mass is 10.2. The van der Waals surface area contributed by atoms with Crippen molar-refractivity contribution >= 4 is 12.1 Å². The van der Waals surface area contributed by atoms with E-state index in [0.717, 1.165) is 0 Å². The molecule has 0 saturated carbocycles. The summed E-state index contributed by atoms with van der Waals surface area (Å²) >= 11 is 0. The predicted molar refractivity (Wildman–Crippen MR) is 54.2 cm³/mol. The lowest BCUT2D eigenvalue weighted by Gasteiger charge is -2.15. The first-order valence-electron chi connectivity index (χ1n) is 5.27. The molecule has 1 heterocycles. The van der Waals surface area contributed by atoms with Crippen LogP contribution in [0.15, 0.2) is 0 Å². The van der Waals surface area contributed by atoms with Gasteiger partial charge in [0.2, 0.25) is 0 Å². The van der Waals surface area contributed by atoms with Crippen LogP contribution in [0.5, 0.6) is 0 Å². The molecule has 0 aromatic heterocycles. The fourth-order valence-corrected chi connectivity index (χ4v) is 1.25. The molecule has 0 N–H and O–H groups in total. The van der Waals surface area contributed by atoms with Gasteiger partial charge in [-0.2, -0.15) is 0 Å². The number of rotatable bonds is 5. The fourth-order valence-electron chi connectivity index (χ4n) is 1.25. The van der Waals surface area contributed by atoms with Crippen molar-refractivity contribution in [2.75, 3.05) is 27.1 Å². The van der Waals surface area contributed by atoms with Gasteiger partial charge in [0, 0.05) is 13.5 Å². The maximum absolute atomic E-state index is 11.0. The summed E-state index contributed by atoms with van der Waals surface area (Å²) in [5.41, 5.74) is 0. The number of carbonyl (C=O) groups is 2. The third-order valence-electron chi connectivity index (χ3n) is 2.16. The van der Waals surface area contributed by atoms with E-state index < -0.39 is 18.2 Å². The Labute approximate surface area is 98.9 Å². The van der Waals surface area contributed by atoms with Gasteiger partial charge in [-0.05, 0) is 0 Å². The van der Waals surface area contributed by atoms with Crippen LogP contribution in [0.3, 0.4) is 0 Å².